The molecular formula is C13H23N5O2. The van der Waals surface area contributed by atoms with Gasteiger partial charge in [-0.05, 0) is 20.0 Å². The second kappa shape index (κ2) is 10.6. The lowest BCUT2D eigenvalue weighted by Gasteiger charge is -2.21. The smallest absolute Gasteiger partial charge is 0.327 e. The molecule has 0 saturated heterocycles. The molecule has 0 saturated carbocycles. The Balaban J connectivity index is 4.66. The van der Waals surface area contributed by atoms with E-state index in [0.717, 1.165) is 5.70 Å². The Morgan fingerprint density at radius 3 is 2.70 bits per heavy atom. The van der Waals surface area contributed by atoms with Gasteiger partial charge in [0.15, 0.2) is 0 Å². The Morgan fingerprint density at radius 1 is 1.50 bits per heavy atom. The molecule has 0 heterocycles. The minimum atomic E-state index is -0.372. The van der Waals surface area contributed by atoms with Crippen molar-refractivity contribution in [3.05, 3.63) is 25.1 Å². The van der Waals surface area contributed by atoms with E-state index >= 15 is 0 Å². The number of hydrogen-bond donors (Lipinski definition) is 2. The second-order valence-electron chi connectivity index (χ2n) is 3.74. The van der Waals surface area contributed by atoms with Crippen LogP contribution in [0.25, 0.3) is 0 Å². The Kier molecular flexibility index (Phi) is 9.37. The lowest BCUT2D eigenvalue weighted by atomic mass is 10.5. The fourth-order valence-electron chi connectivity index (χ4n) is 1.18. The van der Waals surface area contributed by atoms with Crippen molar-refractivity contribution in [1.29, 1.82) is 0 Å². The highest BCUT2D eigenvalue weighted by molar-refractivity contribution is 5.91. The monoisotopic (exact) mass is 281 g/mol. The highest BCUT2D eigenvalue weighted by Gasteiger charge is 2.07. The number of nitrogens with one attached hydrogen (secondary N) is 2. The van der Waals surface area contributed by atoms with E-state index in [2.05, 4.69) is 33.8 Å². The van der Waals surface area contributed by atoms with Gasteiger partial charge in [-0.2, -0.15) is 0 Å². The van der Waals surface area contributed by atoms with Gasteiger partial charge in [-0.1, -0.05) is 13.2 Å². The predicted octanol–water partition coefficient (Wildman–Crippen LogP) is 0.679. The van der Waals surface area contributed by atoms with Crippen LogP contribution in [0.5, 0.6) is 0 Å². The van der Waals surface area contributed by atoms with Gasteiger partial charge >= 0.3 is 5.97 Å². The SMILES string of the molecule is C=CNC(=NC)N(C=NCC(=O)OCC)CNC(=C)C. The molecule has 0 radical (unpaired) electrons. The van der Waals surface area contributed by atoms with Gasteiger partial charge in [0, 0.05) is 12.7 Å². The van der Waals surface area contributed by atoms with Crippen molar-refractivity contribution in [2.75, 3.05) is 26.9 Å². The molecule has 0 spiro atoms. The fraction of sp³-hybridized carbons (Fsp3) is 0.462. The fourth-order valence-corrected chi connectivity index (χ4v) is 1.18. The van der Waals surface area contributed by atoms with E-state index in [4.69, 9.17) is 4.74 Å². The van der Waals surface area contributed by atoms with Crippen molar-refractivity contribution < 1.29 is 9.53 Å². The van der Waals surface area contributed by atoms with Crippen molar-refractivity contribution in [2.24, 2.45) is 9.98 Å². The van der Waals surface area contributed by atoms with Crippen LogP contribution < -0.4 is 10.6 Å². The van der Waals surface area contributed by atoms with Crippen molar-refractivity contribution in [3.8, 4) is 0 Å². The summed E-state index contributed by atoms with van der Waals surface area (Å²) >= 11 is 0. The summed E-state index contributed by atoms with van der Waals surface area (Å²) in [6.07, 6.45) is 3.01. The topological polar surface area (TPSA) is 78.3 Å². The number of aliphatic imine (C=N–C) groups is 2. The molecule has 0 rings (SSSR count). The average Bonchev–Trinajstić information content (AvgIpc) is 2.40. The maximum absolute atomic E-state index is 11.2. The summed E-state index contributed by atoms with van der Waals surface area (Å²) in [4.78, 5) is 21.0. The summed E-state index contributed by atoms with van der Waals surface area (Å²) in [6, 6.07) is 0. The molecule has 0 aromatic carbocycles. The Morgan fingerprint density at radius 2 is 2.20 bits per heavy atom. The molecule has 20 heavy (non-hydrogen) atoms. The normalized spacial score (nSPS) is 11.1. The zero-order valence-corrected chi connectivity index (χ0v) is 12.3. The van der Waals surface area contributed by atoms with E-state index in [1.165, 1.54) is 12.5 Å². The summed E-state index contributed by atoms with van der Waals surface area (Å²) in [5, 5.41) is 5.93. The molecule has 0 amide bonds. The lowest BCUT2D eigenvalue weighted by molar-refractivity contribution is -0.141. The van der Waals surface area contributed by atoms with Crippen molar-refractivity contribution in [2.45, 2.75) is 13.8 Å². The average molecular weight is 281 g/mol. The Bertz CT molecular complexity index is 390. The first-order chi connectivity index (χ1) is 9.54. The first kappa shape index (κ1) is 17.7. The van der Waals surface area contributed by atoms with Crippen LogP contribution in [-0.2, 0) is 9.53 Å². The minimum absolute atomic E-state index is 0.0392. The third-order valence-electron chi connectivity index (χ3n) is 2.01. The van der Waals surface area contributed by atoms with Crippen LogP contribution in [0.3, 0.4) is 0 Å². The van der Waals surface area contributed by atoms with E-state index in [1.807, 2.05) is 6.92 Å². The molecule has 0 unspecified atom stereocenters. The highest BCUT2D eigenvalue weighted by atomic mass is 16.5. The minimum Gasteiger partial charge on any atom is -0.465 e. The number of guanidine groups is 1. The number of esters is 1. The maximum atomic E-state index is 11.2. The van der Waals surface area contributed by atoms with Crippen LogP contribution in [-0.4, -0.2) is 50.0 Å². The highest BCUT2D eigenvalue weighted by Crippen LogP contribution is 1.89. The molecule has 0 atom stereocenters. The Labute approximate surface area is 120 Å². The largest absolute Gasteiger partial charge is 0.465 e. The van der Waals surface area contributed by atoms with Gasteiger partial charge in [0.25, 0.3) is 0 Å². The van der Waals surface area contributed by atoms with Crippen molar-refractivity contribution >= 4 is 18.3 Å². The standard InChI is InChI=1S/C13H23N5O2/c1-6-16-13(14-5)18(10-17-11(3)4)9-15-8-12(19)20-7-2/h6,9,17H,1,3,7-8,10H2,2,4-5H3,(H,14,16). The molecule has 7 heteroatoms. The van der Waals surface area contributed by atoms with Crippen LogP contribution in [0.1, 0.15) is 13.8 Å². The number of hydrogen-bond acceptors (Lipinski definition) is 5. The van der Waals surface area contributed by atoms with Gasteiger partial charge in [0.05, 0.1) is 19.6 Å². The van der Waals surface area contributed by atoms with Crippen molar-refractivity contribution in [3.63, 3.8) is 0 Å². The van der Waals surface area contributed by atoms with Crippen LogP contribution in [0.4, 0.5) is 0 Å². The molecular weight excluding hydrogens is 258 g/mol. The molecule has 7 nitrogen and oxygen atoms in total. The van der Waals surface area contributed by atoms with Gasteiger partial charge in [0.2, 0.25) is 5.96 Å². The number of ether oxygens (including phenoxy) is 1. The predicted molar refractivity (Wildman–Crippen MR) is 81.3 cm³/mol. The van der Waals surface area contributed by atoms with E-state index in [9.17, 15) is 4.79 Å². The zero-order valence-electron chi connectivity index (χ0n) is 12.3. The van der Waals surface area contributed by atoms with Gasteiger partial charge in [-0.15, -0.1) is 0 Å². The summed E-state index contributed by atoms with van der Waals surface area (Å²) in [5.41, 5.74) is 0.808. The molecule has 112 valence electrons. The number of carbonyl (C=O) groups is 1. The van der Waals surface area contributed by atoms with Crippen molar-refractivity contribution in [1.82, 2.24) is 15.5 Å². The third-order valence-corrected chi connectivity index (χ3v) is 2.01. The van der Waals surface area contributed by atoms with Gasteiger partial charge < -0.3 is 15.4 Å². The van der Waals surface area contributed by atoms with Crippen LogP contribution in [0, 0.1) is 0 Å². The molecule has 0 aliphatic rings. The number of allylic oxidation sites excluding steroid dienone is 1. The molecule has 0 aromatic heterocycles. The summed E-state index contributed by atoms with van der Waals surface area (Å²) in [6.45, 7) is 11.6. The number of nitrogens with zero attached hydrogens (tertiary/aromatic N) is 3. The van der Waals surface area contributed by atoms with E-state index < -0.39 is 0 Å². The molecule has 0 fully saturated rings. The van der Waals surface area contributed by atoms with Crippen LogP contribution >= 0.6 is 0 Å². The first-order valence-corrected chi connectivity index (χ1v) is 6.20. The molecule has 0 aliphatic carbocycles. The van der Waals surface area contributed by atoms with E-state index in [-0.39, 0.29) is 12.5 Å². The summed E-state index contributed by atoms with van der Waals surface area (Å²) in [7, 11) is 1.64. The summed E-state index contributed by atoms with van der Waals surface area (Å²) < 4.78 is 4.79. The second-order valence-corrected chi connectivity index (χ2v) is 3.74. The van der Waals surface area contributed by atoms with Gasteiger partial charge in [-0.3, -0.25) is 19.7 Å². The number of carbonyl (C=O) groups excluding carboxylic acids is 1. The summed E-state index contributed by atoms with van der Waals surface area (Å²) in [5.74, 6) is 0.171. The zero-order chi connectivity index (χ0) is 15.4. The van der Waals surface area contributed by atoms with E-state index in [0.29, 0.717) is 19.2 Å². The quantitative estimate of drug-likeness (QED) is 0.296. The maximum Gasteiger partial charge on any atom is 0.327 e. The van der Waals surface area contributed by atoms with Gasteiger partial charge in [-0.25, -0.2) is 0 Å². The van der Waals surface area contributed by atoms with Gasteiger partial charge in [0.1, 0.15) is 6.54 Å². The van der Waals surface area contributed by atoms with Crippen LogP contribution in [0.15, 0.2) is 35.0 Å². The third kappa shape index (κ3) is 7.91. The lowest BCUT2D eigenvalue weighted by Crippen LogP contribution is -2.43. The first-order valence-electron chi connectivity index (χ1n) is 6.20. The number of rotatable bonds is 8. The Hall–Kier alpha value is -2.31. The van der Waals surface area contributed by atoms with E-state index in [1.54, 1.807) is 18.9 Å². The molecule has 0 aromatic rings. The van der Waals surface area contributed by atoms with Crippen LogP contribution in [0.2, 0.25) is 0 Å². The molecule has 0 aliphatic heterocycles. The molecule has 0 bridgehead atoms. The molecule has 2 N–H and O–H groups in total.